The third-order valence-corrected chi connectivity index (χ3v) is 3.72. The van der Waals surface area contributed by atoms with Crippen LogP contribution in [0.3, 0.4) is 0 Å². The smallest absolute Gasteiger partial charge is 0.321 e. The van der Waals surface area contributed by atoms with Gasteiger partial charge in [-0.25, -0.2) is 8.78 Å². The molecule has 0 unspecified atom stereocenters. The van der Waals surface area contributed by atoms with Gasteiger partial charge in [0.1, 0.15) is 16.9 Å². The lowest BCUT2D eigenvalue weighted by molar-refractivity contribution is -0.136. The Bertz CT molecular complexity index is 567. The Hall–Kier alpha value is -1.88. The van der Waals surface area contributed by atoms with Gasteiger partial charge in [0.25, 0.3) is 0 Å². The van der Waals surface area contributed by atoms with Crippen molar-refractivity contribution in [2.45, 2.75) is 10.1 Å². The van der Waals surface area contributed by atoms with Crippen LogP contribution in [0, 0.1) is 11.6 Å². The van der Waals surface area contributed by atoms with Crippen molar-refractivity contribution in [1.29, 1.82) is 0 Å². The third-order valence-electron chi connectivity index (χ3n) is 2.46. The SMILES string of the molecule is O=C(O)[C@@H](Sc1ccc(F)cc1)c1ccc(F)cc1. The zero-order valence-electron chi connectivity index (χ0n) is 9.72. The molecule has 0 amide bonds. The van der Waals surface area contributed by atoms with Crippen LogP contribution in [0.4, 0.5) is 8.78 Å². The summed E-state index contributed by atoms with van der Waals surface area (Å²) < 4.78 is 25.6. The van der Waals surface area contributed by atoms with E-state index in [1.807, 2.05) is 0 Å². The Morgan fingerprint density at radius 3 is 1.89 bits per heavy atom. The molecule has 1 N–H and O–H groups in total. The molecule has 5 heteroatoms. The molecular weight excluding hydrogens is 270 g/mol. The van der Waals surface area contributed by atoms with E-state index in [0.717, 1.165) is 11.8 Å². The van der Waals surface area contributed by atoms with Crippen molar-refractivity contribution in [2.75, 3.05) is 0 Å². The van der Waals surface area contributed by atoms with Crippen LogP contribution in [0.15, 0.2) is 53.4 Å². The maximum Gasteiger partial charge on any atom is 0.321 e. The first kappa shape index (κ1) is 13.5. The molecule has 2 aromatic carbocycles. The molecule has 1 atom stereocenters. The zero-order chi connectivity index (χ0) is 13.8. The molecule has 2 nitrogen and oxygen atoms in total. The molecule has 98 valence electrons. The minimum atomic E-state index is -1.03. The van der Waals surface area contributed by atoms with Crippen molar-refractivity contribution in [3.05, 3.63) is 65.7 Å². The lowest BCUT2D eigenvalue weighted by atomic mass is 10.1. The summed E-state index contributed by atoms with van der Waals surface area (Å²) in [7, 11) is 0. The molecular formula is C14H10F2O2S. The molecule has 0 radical (unpaired) electrons. The second-order valence-corrected chi connectivity index (χ2v) is 5.02. The van der Waals surface area contributed by atoms with Gasteiger partial charge in [-0.3, -0.25) is 4.79 Å². The molecule has 0 aliphatic carbocycles. The normalized spacial score (nSPS) is 12.1. The number of hydrogen-bond acceptors (Lipinski definition) is 2. The van der Waals surface area contributed by atoms with Crippen LogP contribution in [0.2, 0.25) is 0 Å². The lowest BCUT2D eigenvalue weighted by Crippen LogP contribution is -2.07. The van der Waals surface area contributed by atoms with E-state index in [1.54, 1.807) is 0 Å². The molecule has 2 rings (SSSR count). The average Bonchev–Trinajstić information content (AvgIpc) is 2.39. The molecule has 0 bridgehead atoms. The van der Waals surface area contributed by atoms with E-state index in [1.165, 1.54) is 48.5 Å². The van der Waals surface area contributed by atoms with Crippen LogP contribution in [-0.4, -0.2) is 11.1 Å². The first-order valence-corrected chi connectivity index (χ1v) is 6.35. The first-order valence-electron chi connectivity index (χ1n) is 5.47. The molecule has 0 saturated carbocycles. The highest BCUT2D eigenvalue weighted by Gasteiger charge is 2.21. The van der Waals surface area contributed by atoms with E-state index < -0.39 is 17.0 Å². The molecule has 0 aliphatic rings. The van der Waals surface area contributed by atoms with E-state index in [4.69, 9.17) is 0 Å². The number of thioether (sulfide) groups is 1. The van der Waals surface area contributed by atoms with Gasteiger partial charge in [-0.05, 0) is 42.0 Å². The van der Waals surface area contributed by atoms with Gasteiger partial charge in [-0.1, -0.05) is 12.1 Å². The highest BCUT2D eigenvalue weighted by Crippen LogP contribution is 2.35. The zero-order valence-corrected chi connectivity index (χ0v) is 10.5. The topological polar surface area (TPSA) is 37.3 Å². The Morgan fingerprint density at radius 2 is 1.42 bits per heavy atom. The van der Waals surface area contributed by atoms with Crippen LogP contribution >= 0.6 is 11.8 Å². The number of benzene rings is 2. The third kappa shape index (κ3) is 3.54. The molecule has 0 aliphatic heterocycles. The van der Waals surface area contributed by atoms with Crippen LogP contribution in [0.5, 0.6) is 0 Å². The lowest BCUT2D eigenvalue weighted by Gasteiger charge is -2.12. The first-order chi connectivity index (χ1) is 9.06. The maximum atomic E-state index is 12.8. The summed E-state index contributed by atoms with van der Waals surface area (Å²) in [5.74, 6) is -1.82. The second kappa shape index (κ2) is 5.84. The second-order valence-electron chi connectivity index (χ2n) is 3.84. The Kier molecular flexibility index (Phi) is 4.16. The number of halogens is 2. The number of carboxylic acid groups (broad SMARTS) is 1. The Morgan fingerprint density at radius 1 is 0.947 bits per heavy atom. The van der Waals surface area contributed by atoms with Crippen molar-refractivity contribution in [2.24, 2.45) is 0 Å². The van der Waals surface area contributed by atoms with E-state index in [2.05, 4.69) is 0 Å². The number of carbonyl (C=O) groups is 1. The van der Waals surface area contributed by atoms with Crippen LogP contribution in [0.25, 0.3) is 0 Å². The summed E-state index contributed by atoms with van der Waals surface area (Å²) in [6.07, 6.45) is 0. The van der Waals surface area contributed by atoms with Gasteiger partial charge in [-0.2, -0.15) is 0 Å². The van der Waals surface area contributed by atoms with Gasteiger partial charge in [-0.15, -0.1) is 11.8 Å². The average molecular weight is 280 g/mol. The molecule has 19 heavy (non-hydrogen) atoms. The number of rotatable bonds is 4. The quantitative estimate of drug-likeness (QED) is 0.863. The van der Waals surface area contributed by atoms with Crippen LogP contribution in [-0.2, 0) is 4.79 Å². The van der Waals surface area contributed by atoms with Gasteiger partial charge in [0.15, 0.2) is 0 Å². The summed E-state index contributed by atoms with van der Waals surface area (Å²) in [5.41, 5.74) is 0.489. The van der Waals surface area contributed by atoms with Crippen molar-refractivity contribution in [3.8, 4) is 0 Å². The van der Waals surface area contributed by atoms with Crippen molar-refractivity contribution in [3.63, 3.8) is 0 Å². The van der Waals surface area contributed by atoms with Crippen LogP contribution < -0.4 is 0 Å². The van der Waals surface area contributed by atoms with Gasteiger partial charge in [0.2, 0.25) is 0 Å². The predicted molar refractivity (Wildman–Crippen MR) is 69.0 cm³/mol. The summed E-state index contributed by atoms with van der Waals surface area (Å²) in [4.78, 5) is 11.9. The molecule has 0 aromatic heterocycles. The minimum Gasteiger partial charge on any atom is -0.480 e. The van der Waals surface area contributed by atoms with Crippen molar-refractivity contribution in [1.82, 2.24) is 0 Å². The number of carboxylic acids is 1. The predicted octanol–water partition coefficient (Wildman–Crippen LogP) is 3.88. The molecule has 2 aromatic rings. The fourth-order valence-electron chi connectivity index (χ4n) is 1.55. The van der Waals surface area contributed by atoms with Gasteiger partial charge in [0, 0.05) is 4.90 Å². The van der Waals surface area contributed by atoms with Gasteiger partial charge >= 0.3 is 5.97 Å². The summed E-state index contributed by atoms with van der Waals surface area (Å²) in [6.45, 7) is 0. The fourth-order valence-corrected chi connectivity index (χ4v) is 2.51. The summed E-state index contributed by atoms with van der Waals surface area (Å²) in [6, 6.07) is 10.9. The Balaban J connectivity index is 2.23. The van der Waals surface area contributed by atoms with Gasteiger partial charge in [0.05, 0.1) is 0 Å². The van der Waals surface area contributed by atoms with Gasteiger partial charge < -0.3 is 5.11 Å². The fraction of sp³-hybridized carbons (Fsp3) is 0.0714. The largest absolute Gasteiger partial charge is 0.480 e. The molecule has 0 heterocycles. The highest BCUT2D eigenvalue weighted by atomic mass is 32.2. The van der Waals surface area contributed by atoms with E-state index >= 15 is 0 Å². The van der Waals surface area contributed by atoms with E-state index in [9.17, 15) is 18.7 Å². The monoisotopic (exact) mass is 280 g/mol. The van der Waals surface area contributed by atoms with Crippen molar-refractivity contribution >= 4 is 17.7 Å². The minimum absolute atomic E-state index is 0.377. The Labute approximate surface area is 113 Å². The number of hydrogen-bond donors (Lipinski definition) is 1. The molecule has 0 fully saturated rings. The van der Waals surface area contributed by atoms with Crippen molar-refractivity contribution < 1.29 is 18.7 Å². The van der Waals surface area contributed by atoms with Crippen LogP contribution in [0.1, 0.15) is 10.8 Å². The molecule has 0 spiro atoms. The molecule has 0 saturated heterocycles. The van der Waals surface area contributed by atoms with E-state index in [0.29, 0.717) is 10.5 Å². The maximum absolute atomic E-state index is 12.8. The summed E-state index contributed by atoms with van der Waals surface area (Å²) in [5, 5.41) is 8.37. The number of aliphatic carboxylic acids is 1. The van der Waals surface area contributed by atoms with E-state index in [-0.39, 0.29) is 5.82 Å². The highest BCUT2D eigenvalue weighted by molar-refractivity contribution is 8.00. The summed E-state index contributed by atoms with van der Waals surface area (Å²) >= 11 is 1.08. The standard InChI is InChI=1S/C14H10F2O2S/c15-10-3-1-9(2-4-10)13(14(17)18)19-12-7-5-11(16)6-8-12/h1-8,13H,(H,17,18)/t13-/m0/s1.